The van der Waals surface area contributed by atoms with Crippen LogP contribution in [0.2, 0.25) is 10.0 Å². The van der Waals surface area contributed by atoms with Crippen LogP contribution in [0.15, 0.2) is 102 Å². The molecule has 6 aromatic rings. The molecule has 210 valence electrons. The maximum Gasteiger partial charge on any atom is 0.282 e. The fraction of sp³-hybridized carbons (Fsp3) is 0.0645. The average Bonchev–Trinajstić information content (AvgIpc) is 3.42. The fourth-order valence-electron chi connectivity index (χ4n) is 4.36. The number of methoxy groups -OCH3 is 1. The number of fused-ring (bicyclic) bond motifs is 2. The average molecular weight is 728 g/mol. The Morgan fingerprint density at radius 2 is 1.81 bits per heavy atom. The molecule has 7 nitrogen and oxygen atoms in total. The number of ether oxygens (including phenoxy) is 2. The summed E-state index contributed by atoms with van der Waals surface area (Å²) in [5.41, 5.74) is 2.28. The van der Waals surface area contributed by atoms with Gasteiger partial charge < -0.3 is 13.9 Å². The highest BCUT2D eigenvalue weighted by Gasteiger charge is 2.19. The van der Waals surface area contributed by atoms with Crippen molar-refractivity contribution >= 4 is 83.1 Å². The standard InChI is InChI=1S/C31H19Br2Cl2N3O4/c1-40-25-14-19(27(33)28(35)29(25)41-16-17-6-9-21(34)10-7-17)15-36-38-30(37-23-5-3-2-4-22(23)31(38)39)26-13-18-12-20(32)8-11-24(18)42-26/h2-15H,16H2,1H3. The van der Waals surface area contributed by atoms with E-state index in [4.69, 9.17) is 42.1 Å². The maximum absolute atomic E-state index is 13.7. The van der Waals surface area contributed by atoms with Gasteiger partial charge in [0, 0.05) is 24.9 Å². The molecule has 0 bridgehead atoms. The summed E-state index contributed by atoms with van der Waals surface area (Å²) in [6.07, 6.45) is 1.50. The molecule has 0 unspecified atom stereocenters. The quantitative estimate of drug-likeness (QED) is 0.153. The van der Waals surface area contributed by atoms with Crippen molar-refractivity contribution in [3.05, 3.63) is 119 Å². The predicted octanol–water partition coefficient (Wildman–Crippen LogP) is 9.11. The number of para-hydroxylation sites is 1. The second-order valence-electron chi connectivity index (χ2n) is 9.15. The van der Waals surface area contributed by atoms with E-state index in [0.29, 0.717) is 48.8 Å². The number of hydrogen-bond donors (Lipinski definition) is 0. The zero-order valence-corrected chi connectivity index (χ0v) is 26.5. The van der Waals surface area contributed by atoms with Gasteiger partial charge in [0.2, 0.25) is 5.82 Å². The van der Waals surface area contributed by atoms with Crippen molar-refractivity contribution in [2.75, 3.05) is 7.11 Å². The number of halogens is 4. The van der Waals surface area contributed by atoms with E-state index in [0.717, 1.165) is 15.4 Å². The van der Waals surface area contributed by atoms with Crippen LogP contribution in [-0.2, 0) is 6.61 Å². The van der Waals surface area contributed by atoms with Gasteiger partial charge in [-0.25, -0.2) is 4.98 Å². The lowest BCUT2D eigenvalue weighted by Crippen LogP contribution is -2.20. The Morgan fingerprint density at radius 1 is 1.02 bits per heavy atom. The summed E-state index contributed by atoms with van der Waals surface area (Å²) in [5.74, 6) is 1.39. The molecule has 11 heteroatoms. The summed E-state index contributed by atoms with van der Waals surface area (Å²) in [6.45, 7) is 0.253. The molecule has 0 aliphatic heterocycles. The van der Waals surface area contributed by atoms with E-state index in [9.17, 15) is 4.79 Å². The minimum atomic E-state index is -0.356. The summed E-state index contributed by atoms with van der Waals surface area (Å²) in [5, 5.41) is 6.74. The molecule has 2 aromatic heterocycles. The minimum Gasteiger partial charge on any atom is -0.493 e. The molecule has 0 radical (unpaired) electrons. The van der Waals surface area contributed by atoms with Crippen molar-refractivity contribution in [2.45, 2.75) is 6.61 Å². The van der Waals surface area contributed by atoms with Crippen molar-refractivity contribution in [1.29, 1.82) is 0 Å². The second kappa shape index (κ2) is 11.9. The van der Waals surface area contributed by atoms with Crippen molar-refractivity contribution < 1.29 is 13.9 Å². The van der Waals surface area contributed by atoms with Gasteiger partial charge in [-0.3, -0.25) is 4.79 Å². The van der Waals surface area contributed by atoms with E-state index < -0.39 is 0 Å². The first-order valence-corrected chi connectivity index (χ1v) is 14.9. The molecule has 6 rings (SSSR count). The zero-order valence-electron chi connectivity index (χ0n) is 21.8. The highest BCUT2D eigenvalue weighted by Crippen LogP contribution is 2.42. The Kier molecular flexibility index (Phi) is 8.09. The summed E-state index contributed by atoms with van der Waals surface area (Å²) < 4.78 is 20.3. The zero-order chi connectivity index (χ0) is 29.4. The van der Waals surface area contributed by atoms with Crippen LogP contribution in [0.5, 0.6) is 11.5 Å². The highest BCUT2D eigenvalue weighted by molar-refractivity contribution is 9.10. The second-order valence-corrected chi connectivity index (χ2v) is 11.7. The number of rotatable bonds is 7. The van der Waals surface area contributed by atoms with E-state index in [-0.39, 0.29) is 23.0 Å². The van der Waals surface area contributed by atoms with Gasteiger partial charge in [-0.15, -0.1) is 0 Å². The summed E-state index contributed by atoms with van der Waals surface area (Å²) >= 11 is 19.7. The normalized spacial score (nSPS) is 11.5. The summed E-state index contributed by atoms with van der Waals surface area (Å²) in [7, 11) is 1.52. The van der Waals surface area contributed by atoms with Crippen LogP contribution in [0.3, 0.4) is 0 Å². The Bertz CT molecular complexity index is 2060. The molecule has 0 fully saturated rings. The Hall–Kier alpha value is -3.63. The third-order valence-electron chi connectivity index (χ3n) is 6.44. The predicted molar refractivity (Wildman–Crippen MR) is 173 cm³/mol. The van der Waals surface area contributed by atoms with Crippen molar-refractivity contribution in [3.63, 3.8) is 0 Å². The largest absolute Gasteiger partial charge is 0.493 e. The number of furan rings is 1. The van der Waals surface area contributed by atoms with Crippen molar-refractivity contribution in [2.24, 2.45) is 5.10 Å². The molecule has 4 aromatic carbocycles. The Balaban J connectivity index is 1.42. The highest BCUT2D eigenvalue weighted by atomic mass is 79.9. The molecule has 2 heterocycles. The third kappa shape index (κ3) is 5.57. The van der Waals surface area contributed by atoms with E-state index >= 15 is 0 Å². The molecule has 0 spiro atoms. The Labute approximate surface area is 266 Å². The number of nitrogens with zero attached hydrogens (tertiary/aromatic N) is 3. The molecular formula is C31H19Br2Cl2N3O4. The maximum atomic E-state index is 13.7. The molecule has 0 amide bonds. The summed E-state index contributed by atoms with van der Waals surface area (Å²) in [4.78, 5) is 18.4. The molecule has 0 aliphatic carbocycles. The molecule has 0 aliphatic rings. The van der Waals surface area contributed by atoms with Gasteiger partial charge in [0.25, 0.3) is 5.56 Å². The van der Waals surface area contributed by atoms with E-state index in [1.165, 1.54) is 18.0 Å². The first-order valence-electron chi connectivity index (χ1n) is 12.5. The van der Waals surface area contributed by atoms with Gasteiger partial charge >= 0.3 is 0 Å². The van der Waals surface area contributed by atoms with Gasteiger partial charge in [0.1, 0.15) is 17.2 Å². The van der Waals surface area contributed by atoms with E-state index in [1.807, 2.05) is 42.5 Å². The molecule has 0 N–H and O–H groups in total. The lowest BCUT2D eigenvalue weighted by atomic mass is 10.2. The van der Waals surface area contributed by atoms with Crippen LogP contribution in [0.4, 0.5) is 0 Å². The molecular weight excluding hydrogens is 709 g/mol. The molecule has 42 heavy (non-hydrogen) atoms. The molecule has 0 atom stereocenters. The van der Waals surface area contributed by atoms with Crippen molar-refractivity contribution in [1.82, 2.24) is 9.66 Å². The van der Waals surface area contributed by atoms with Gasteiger partial charge in [-0.2, -0.15) is 9.78 Å². The number of aromatic nitrogens is 2. The van der Waals surface area contributed by atoms with Gasteiger partial charge in [0.15, 0.2) is 17.3 Å². The van der Waals surface area contributed by atoms with Crippen LogP contribution in [0, 0.1) is 0 Å². The third-order valence-corrected chi connectivity index (χ3v) is 8.63. The van der Waals surface area contributed by atoms with Crippen LogP contribution >= 0.6 is 55.1 Å². The van der Waals surface area contributed by atoms with Gasteiger partial charge in [-0.05, 0) is 76.1 Å². The van der Waals surface area contributed by atoms with E-state index in [1.54, 1.807) is 36.4 Å². The lowest BCUT2D eigenvalue weighted by molar-refractivity contribution is 0.284. The monoisotopic (exact) mass is 725 g/mol. The first kappa shape index (κ1) is 28.5. The fourth-order valence-corrected chi connectivity index (χ4v) is 5.51. The van der Waals surface area contributed by atoms with Crippen LogP contribution in [-0.4, -0.2) is 23.0 Å². The minimum absolute atomic E-state index is 0.249. The number of hydrogen-bond acceptors (Lipinski definition) is 6. The Morgan fingerprint density at radius 3 is 2.60 bits per heavy atom. The van der Waals surface area contributed by atoms with Crippen LogP contribution in [0.1, 0.15) is 11.1 Å². The molecule has 0 saturated carbocycles. The van der Waals surface area contributed by atoms with Gasteiger partial charge in [-0.1, -0.05) is 63.4 Å². The number of benzene rings is 4. The smallest absolute Gasteiger partial charge is 0.282 e. The van der Waals surface area contributed by atoms with Crippen LogP contribution < -0.4 is 15.0 Å². The van der Waals surface area contributed by atoms with Crippen molar-refractivity contribution in [3.8, 4) is 23.1 Å². The SMILES string of the molecule is COc1cc(C=Nn2c(-c3cc4cc(Br)ccc4o3)nc3ccccc3c2=O)c(Br)c(Cl)c1OCc1ccc(Cl)cc1. The summed E-state index contributed by atoms with van der Waals surface area (Å²) in [6, 6.07) is 23.6. The topological polar surface area (TPSA) is 78.9 Å². The van der Waals surface area contributed by atoms with Gasteiger partial charge in [0.05, 0.1) is 24.2 Å². The first-order chi connectivity index (χ1) is 20.3. The van der Waals surface area contributed by atoms with E-state index in [2.05, 4.69) is 37.0 Å². The molecule has 0 saturated heterocycles. The lowest BCUT2D eigenvalue weighted by Gasteiger charge is -2.15. The van der Waals surface area contributed by atoms with Crippen LogP contribution in [0.25, 0.3) is 33.5 Å².